The first kappa shape index (κ1) is 15.9. The quantitative estimate of drug-likeness (QED) is 0.841. The van der Waals surface area contributed by atoms with Crippen molar-refractivity contribution in [2.75, 3.05) is 13.1 Å². The second-order valence-corrected chi connectivity index (χ2v) is 7.18. The van der Waals surface area contributed by atoms with Crippen molar-refractivity contribution in [3.63, 3.8) is 0 Å². The number of amides is 1. The van der Waals surface area contributed by atoms with E-state index >= 15 is 0 Å². The van der Waals surface area contributed by atoms with Crippen LogP contribution in [0.15, 0.2) is 30.3 Å². The van der Waals surface area contributed by atoms with E-state index in [1.165, 1.54) is 4.31 Å². The number of benzene rings is 1. The molecule has 1 aliphatic rings. The highest BCUT2D eigenvalue weighted by Crippen LogP contribution is 2.20. The van der Waals surface area contributed by atoms with Crippen LogP contribution in [0.4, 0.5) is 0 Å². The summed E-state index contributed by atoms with van der Waals surface area (Å²) in [4.78, 5) is 11.6. The molecule has 21 heavy (non-hydrogen) atoms. The van der Waals surface area contributed by atoms with Crippen molar-refractivity contribution < 1.29 is 13.2 Å². The number of nitrogens with two attached hydrogens (primary N) is 1. The van der Waals surface area contributed by atoms with Gasteiger partial charge < -0.3 is 5.73 Å². The van der Waals surface area contributed by atoms with Crippen LogP contribution in [-0.2, 0) is 15.0 Å². The molecule has 0 bridgehead atoms. The lowest BCUT2D eigenvalue weighted by Crippen LogP contribution is -2.48. The summed E-state index contributed by atoms with van der Waals surface area (Å²) in [6, 6.07) is 7.58. The molecule has 0 radical (unpaired) electrons. The van der Waals surface area contributed by atoms with Crippen LogP contribution in [0.25, 0.3) is 0 Å². The molecule has 1 fully saturated rings. The average molecular weight is 311 g/mol. The minimum atomic E-state index is -3.73. The lowest BCUT2D eigenvalue weighted by molar-refractivity contribution is -0.119. The number of nitrogens with zero attached hydrogens (tertiary/aromatic N) is 1. The first-order valence-corrected chi connectivity index (χ1v) is 8.46. The van der Waals surface area contributed by atoms with E-state index < -0.39 is 22.2 Å². The molecule has 3 N–H and O–H groups in total. The number of nitrogens with one attached hydrogen (secondary N) is 1. The van der Waals surface area contributed by atoms with E-state index in [2.05, 4.69) is 4.72 Å². The maximum absolute atomic E-state index is 12.4. The van der Waals surface area contributed by atoms with Gasteiger partial charge in [0.25, 0.3) is 10.2 Å². The van der Waals surface area contributed by atoms with Crippen LogP contribution < -0.4 is 10.5 Å². The Morgan fingerprint density at radius 2 is 2.05 bits per heavy atom. The van der Waals surface area contributed by atoms with Crippen LogP contribution in [-0.4, -0.2) is 31.7 Å². The van der Waals surface area contributed by atoms with Crippen molar-refractivity contribution in [1.29, 1.82) is 0 Å². The third-order valence-electron chi connectivity index (χ3n) is 3.64. The van der Waals surface area contributed by atoms with Gasteiger partial charge in [0.05, 0.1) is 0 Å². The molecule has 0 saturated carbocycles. The van der Waals surface area contributed by atoms with Crippen LogP contribution in [0.3, 0.4) is 0 Å². The molecule has 2 atom stereocenters. The predicted molar refractivity (Wildman–Crippen MR) is 80.4 cm³/mol. The minimum Gasteiger partial charge on any atom is -0.368 e. The van der Waals surface area contributed by atoms with Crippen molar-refractivity contribution in [3.05, 3.63) is 35.9 Å². The SMILES string of the molecule is C[C@@H]1CCCN(S(=O)(=O)N[C@@H](C(N)=O)c2ccccc2)C1. The molecule has 7 heteroatoms. The van der Waals surface area contributed by atoms with Gasteiger partial charge in [-0.1, -0.05) is 37.3 Å². The van der Waals surface area contributed by atoms with Gasteiger partial charge >= 0.3 is 0 Å². The number of hydrogen-bond donors (Lipinski definition) is 2. The number of carbonyl (C=O) groups is 1. The van der Waals surface area contributed by atoms with E-state index in [-0.39, 0.29) is 0 Å². The van der Waals surface area contributed by atoms with E-state index in [0.717, 1.165) is 12.8 Å². The smallest absolute Gasteiger partial charge is 0.280 e. The molecule has 1 aromatic rings. The summed E-state index contributed by atoms with van der Waals surface area (Å²) in [5, 5.41) is 0. The Bertz CT molecular complexity index is 589. The molecule has 1 amide bonds. The first-order valence-electron chi connectivity index (χ1n) is 7.02. The Balaban J connectivity index is 2.18. The molecule has 1 saturated heterocycles. The molecule has 1 aliphatic heterocycles. The van der Waals surface area contributed by atoms with Crippen LogP contribution >= 0.6 is 0 Å². The third-order valence-corrected chi connectivity index (χ3v) is 5.19. The summed E-state index contributed by atoms with van der Waals surface area (Å²) in [6.07, 6.45) is 1.85. The second kappa shape index (κ2) is 6.55. The summed E-state index contributed by atoms with van der Waals surface area (Å²) in [6.45, 7) is 2.96. The Morgan fingerprint density at radius 1 is 1.38 bits per heavy atom. The summed E-state index contributed by atoms with van der Waals surface area (Å²) >= 11 is 0. The van der Waals surface area contributed by atoms with E-state index in [1.54, 1.807) is 30.3 Å². The van der Waals surface area contributed by atoms with Gasteiger partial charge in [0.2, 0.25) is 5.91 Å². The van der Waals surface area contributed by atoms with Gasteiger partial charge in [0, 0.05) is 13.1 Å². The highest BCUT2D eigenvalue weighted by Gasteiger charge is 2.31. The van der Waals surface area contributed by atoms with Gasteiger partial charge in [-0.3, -0.25) is 4.79 Å². The lowest BCUT2D eigenvalue weighted by atomic mass is 10.0. The number of primary amides is 1. The molecular formula is C14H21N3O3S. The Hall–Kier alpha value is -1.44. The molecule has 0 aliphatic carbocycles. The Labute approximate surface area is 125 Å². The zero-order valence-electron chi connectivity index (χ0n) is 12.0. The predicted octanol–water partition coefficient (Wildman–Crippen LogP) is 0.779. The fourth-order valence-electron chi connectivity index (χ4n) is 2.52. The fraction of sp³-hybridized carbons (Fsp3) is 0.500. The minimum absolute atomic E-state index is 0.319. The standard InChI is InChI=1S/C14H21N3O3S/c1-11-6-5-9-17(10-11)21(19,20)16-13(14(15)18)12-7-3-2-4-8-12/h2-4,7-8,11,13,16H,5-6,9-10H2,1H3,(H2,15,18)/t11-,13-/m1/s1. The van der Waals surface area contributed by atoms with Gasteiger partial charge in [-0.05, 0) is 24.3 Å². The molecule has 0 aromatic heterocycles. The lowest BCUT2D eigenvalue weighted by Gasteiger charge is -2.31. The molecule has 6 nitrogen and oxygen atoms in total. The number of carbonyl (C=O) groups excluding carboxylic acids is 1. The number of rotatable bonds is 5. The zero-order chi connectivity index (χ0) is 15.5. The molecule has 0 spiro atoms. The zero-order valence-corrected chi connectivity index (χ0v) is 12.8. The van der Waals surface area contributed by atoms with E-state index in [0.29, 0.717) is 24.6 Å². The average Bonchev–Trinajstić information content (AvgIpc) is 2.45. The number of hydrogen-bond acceptors (Lipinski definition) is 3. The third kappa shape index (κ3) is 4.03. The summed E-state index contributed by atoms with van der Waals surface area (Å²) < 4.78 is 28.7. The van der Waals surface area contributed by atoms with Gasteiger partial charge in [0.15, 0.2) is 0 Å². The number of piperidine rings is 1. The van der Waals surface area contributed by atoms with Gasteiger partial charge in [-0.15, -0.1) is 0 Å². The maximum atomic E-state index is 12.4. The van der Waals surface area contributed by atoms with E-state index in [9.17, 15) is 13.2 Å². The first-order chi connectivity index (χ1) is 9.90. The highest BCUT2D eigenvalue weighted by atomic mass is 32.2. The Kier molecular flexibility index (Phi) is 4.97. The maximum Gasteiger partial charge on any atom is 0.280 e. The fourth-order valence-corrected chi connectivity index (χ4v) is 4.04. The molecule has 0 unspecified atom stereocenters. The van der Waals surface area contributed by atoms with Gasteiger partial charge in [-0.2, -0.15) is 17.4 Å². The molecule has 1 heterocycles. The van der Waals surface area contributed by atoms with Gasteiger partial charge in [0.1, 0.15) is 6.04 Å². The Morgan fingerprint density at radius 3 is 2.62 bits per heavy atom. The molecule has 1 aromatic carbocycles. The monoisotopic (exact) mass is 311 g/mol. The summed E-state index contributed by atoms with van der Waals surface area (Å²) in [5.74, 6) is -0.395. The molecular weight excluding hydrogens is 290 g/mol. The van der Waals surface area contributed by atoms with E-state index in [1.807, 2.05) is 6.92 Å². The van der Waals surface area contributed by atoms with Gasteiger partial charge in [-0.25, -0.2) is 0 Å². The van der Waals surface area contributed by atoms with Crippen molar-refractivity contribution in [1.82, 2.24) is 9.03 Å². The van der Waals surface area contributed by atoms with Crippen molar-refractivity contribution in [2.45, 2.75) is 25.8 Å². The molecule has 2 rings (SSSR count). The topological polar surface area (TPSA) is 92.5 Å². The van der Waals surface area contributed by atoms with E-state index in [4.69, 9.17) is 5.73 Å². The van der Waals surface area contributed by atoms with Crippen molar-refractivity contribution in [2.24, 2.45) is 11.7 Å². The summed E-state index contributed by atoms with van der Waals surface area (Å²) in [5.41, 5.74) is 5.89. The van der Waals surface area contributed by atoms with Crippen molar-refractivity contribution >= 4 is 16.1 Å². The normalized spacial score (nSPS) is 21.9. The van der Waals surface area contributed by atoms with Crippen LogP contribution in [0.2, 0.25) is 0 Å². The highest BCUT2D eigenvalue weighted by molar-refractivity contribution is 7.87. The van der Waals surface area contributed by atoms with Crippen LogP contribution in [0.5, 0.6) is 0 Å². The molecule has 116 valence electrons. The van der Waals surface area contributed by atoms with Crippen LogP contribution in [0.1, 0.15) is 31.4 Å². The van der Waals surface area contributed by atoms with Crippen LogP contribution in [0, 0.1) is 5.92 Å². The van der Waals surface area contributed by atoms with Crippen molar-refractivity contribution in [3.8, 4) is 0 Å². The summed E-state index contributed by atoms with van der Waals surface area (Å²) in [7, 11) is -3.73. The second-order valence-electron chi connectivity index (χ2n) is 5.47. The largest absolute Gasteiger partial charge is 0.368 e.